The Labute approximate surface area is 145 Å². The van der Waals surface area contributed by atoms with Gasteiger partial charge >= 0.3 is 0 Å². The first kappa shape index (κ1) is 17.1. The molecule has 0 radical (unpaired) electrons. The van der Waals surface area contributed by atoms with Gasteiger partial charge in [0.1, 0.15) is 5.82 Å². The summed E-state index contributed by atoms with van der Waals surface area (Å²) in [4.78, 5) is 12.2. The first-order valence-corrected chi connectivity index (χ1v) is 9.09. The zero-order valence-corrected chi connectivity index (χ0v) is 15.5. The predicted molar refractivity (Wildman–Crippen MR) is 97.1 cm³/mol. The van der Waals surface area contributed by atoms with Crippen molar-refractivity contribution in [3.05, 3.63) is 29.8 Å². The summed E-state index contributed by atoms with van der Waals surface area (Å²) in [6.07, 6.45) is 4.25. The third-order valence-electron chi connectivity index (χ3n) is 4.84. The van der Waals surface area contributed by atoms with Crippen LogP contribution < -0.4 is 0 Å². The van der Waals surface area contributed by atoms with E-state index in [-0.39, 0.29) is 0 Å². The van der Waals surface area contributed by atoms with Gasteiger partial charge in [0.05, 0.1) is 11.4 Å². The van der Waals surface area contributed by atoms with E-state index in [4.69, 9.17) is 9.97 Å². The number of piperidine rings is 1. The lowest BCUT2D eigenvalue weighted by Crippen LogP contribution is -2.39. The Kier molecular flexibility index (Phi) is 4.99. The molecule has 24 heavy (non-hydrogen) atoms. The summed E-state index contributed by atoms with van der Waals surface area (Å²) in [5, 5.41) is 4.45. The molecule has 0 aromatic carbocycles. The molecule has 0 aliphatic carbocycles. The SMILES string of the molecule is Cc1cc(-c2ccnn2C(C)C)nc([C@H]2CCCN(C(C)C)C2)n1. The molecule has 0 unspecified atom stereocenters. The van der Waals surface area contributed by atoms with Gasteiger partial charge in [0.15, 0.2) is 0 Å². The third kappa shape index (κ3) is 3.51. The first-order valence-electron chi connectivity index (χ1n) is 9.09. The molecule has 5 heteroatoms. The Morgan fingerprint density at radius 2 is 1.92 bits per heavy atom. The zero-order valence-electron chi connectivity index (χ0n) is 15.5. The van der Waals surface area contributed by atoms with Crippen LogP contribution in [0.4, 0.5) is 0 Å². The quantitative estimate of drug-likeness (QED) is 0.856. The highest BCUT2D eigenvalue weighted by molar-refractivity contribution is 5.54. The van der Waals surface area contributed by atoms with Crippen molar-refractivity contribution >= 4 is 0 Å². The number of rotatable bonds is 4. The molecule has 1 fully saturated rings. The first-order chi connectivity index (χ1) is 11.5. The predicted octanol–water partition coefficient (Wildman–Crippen LogP) is 3.82. The van der Waals surface area contributed by atoms with Gasteiger partial charge in [-0.25, -0.2) is 9.97 Å². The van der Waals surface area contributed by atoms with Crippen LogP contribution in [0.15, 0.2) is 18.3 Å². The summed E-state index contributed by atoms with van der Waals surface area (Å²) in [6.45, 7) is 13.1. The standard InChI is InChI=1S/C19H29N5/c1-13(2)23-10-6-7-16(12-23)19-21-15(5)11-17(22-19)18-8-9-20-24(18)14(3)4/h8-9,11,13-14,16H,6-7,10,12H2,1-5H3/t16-/m0/s1. The van der Waals surface area contributed by atoms with Crippen molar-refractivity contribution in [2.45, 2.75) is 65.5 Å². The summed E-state index contributed by atoms with van der Waals surface area (Å²) in [6, 6.07) is 5.02. The largest absolute Gasteiger partial charge is 0.300 e. The second-order valence-electron chi connectivity index (χ2n) is 7.44. The van der Waals surface area contributed by atoms with Gasteiger partial charge in [-0.3, -0.25) is 4.68 Å². The highest BCUT2D eigenvalue weighted by Gasteiger charge is 2.25. The third-order valence-corrected chi connectivity index (χ3v) is 4.84. The molecule has 1 aliphatic rings. The lowest BCUT2D eigenvalue weighted by molar-refractivity contribution is 0.165. The smallest absolute Gasteiger partial charge is 0.133 e. The molecule has 1 aliphatic heterocycles. The maximum absolute atomic E-state index is 4.94. The number of hydrogen-bond donors (Lipinski definition) is 0. The molecule has 130 valence electrons. The van der Waals surface area contributed by atoms with Crippen molar-refractivity contribution in [2.24, 2.45) is 0 Å². The van der Waals surface area contributed by atoms with Crippen LogP contribution in [0.1, 0.15) is 64.0 Å². The fourth-order valence-corrected chi connectivity index (χ4v) is 3.52. The molecule has 1 atom stereocenters. The van der Waals surface area contributed by atoms with E-state index in [1.165, 1.54) is 19.4 Å². The van der Waals surface area contributed by atoms with Crippen LogP contribution in [-0.4, -0.2) is 43.8 Å². The van der Waals surface area contributed by atoms with Gasteiger partial charge in [-0.15, -0.1) is 0 Å². The molecule has 0 N–H and O–H groups in total. The van der Waals surface area contributed by atoms with Gasteiger partial charge in [-0.05, 0) is 66.1 Å². The van der Waals surface area contributed by atoms with Crippen molar-refractivity contribution in [1.29, 1.82) is 0 Å². The van der Waals surface area contributed by atoms with Crippen molar-refractivity contribution in [2.75, 3.05) is 13.1 Å². The van der Waals surface area contributed by atoms with Gasteiger partial charge < -0.3 is 4.90 Å². The van der Waals surface area contributed by atoms with E-state index in [2.05, 4.69) is 50.7 Å². The summed E-state index contributed by atoms with van der Waals surface area (Å²) in [5.74, 6) is 1.42. The number of hydrogen-bond acceptors (Lipinski definition) is 4. The molecule has 0 saturated carbocycles. The molecular formula is C19H29N5. The molecule has 2 aromatic rings. The van der Waals surface area contributed by atoms with Crippen LogP contribution in [0, 0.1) is 6.92 Å². The highest BCUT2D eigenvalue weighted by atomic mass is 15.3. The monoisotopic (exact) mass is 327 g/mol. The summed E-state index contributed by atoms with van der Waals surface area (Å²) >= 11 is 0. The van der Waals surface area contributed by atoms with Crippen LogP contribution in [-0.2, 0) is 0 Å². The fourth-order valence-electron chi connectivity index (χ4n) is 3.52. The Morgan fingerprint density at radius 3 is 2.62 bits per heavy atom. The zero-order chi connectivity index (χ0) is 17.3. The Balaban J connectivity index is 1.93. The Morgan fingerprint density at radius 1 is 1.12 bits per heavy atom. The van der Waals surface area contributed by atoms with E-state index in [0.717, 1.165) is 29.5 Å². The van der Waals surface area contributed by atoms with E-state index in [1.807, 2.05) is 16.9 Å². The van der Waals surface area contributed by atoms with E-state index in [9.17, 15) is 0 Å². The minimum absolute atomic E-state index is 0.319. The van der Waals surface area contributed by atoms with E-state index in [0.29, 0.717) is 18.0 Å². The van der Waals surface area contributed by atoms with Crippen molar-refractivity contribution in [3.8, 4) is 11.4 Å². The molecule has 3 heterocycles. The average molecular weight is 327 g/mol. The van der Waals surface area contributed by atoms with E-state index < -0.39 is 0 Å². The summed E-state index contributed by atoms with van der Waals surface area (Å²) < 4.78 is 2.03. The van der Waals surface area contributed by atoms with Crippen LogP contribution >= 0.6 is 0 Å². The maximum atomic E-state index is 4.94. The highest BCUT2D eigenvalue weighted by Crippen LogP contribution is 2.28. The molecule has 0 amide bonds. The molecule has 3 rings (SSSR count). The van der Waals surface area contributed by atoms with Gasteiger partial charge in [0.2, 0.25) is 0 Å². The maximum Gasteiger partial charge on any atom is 0.133 e. The number of nitrogens with zero attached hydrogens (tertiary/aromatic N) is 5. The van der Waals surface area contributed by atoms with Gasteiger partial charge in [-0.2, -0.15) is 5.10 Å². The molecular weight excluding hydrogens is 298 g/mol. The molecule has 0 bridgehead atoms. The lowest BCUT2D eigenvalue weighted by atomic mass is 9.96. The van der Waals surface area contributed by atoms with Crippen LogP contribution in [0.25, 0.3) is 11.4 Å². The second kappa shape index (κ2) is 7.01. The topological polar surface area (TPSA) is 46.8 Å². The van der Waals surface area contributed by atoms with Crippen molar-refractivity contribution < 1.29 is 0 Å². The van der Waals surface area contributed by atoms with E-state index in [1.54, 1.807) is 0 Å². The van der Waals surface area contributed by atoms with E-state index >= 15 is 0 Å². The molecule has 1 saturated heterocycles. The van der Waals surface area contributed by atoms with Crippen LogP contribution in [0.3, 0.4) is 0 Å². The average Bonchev–Trinajstić information content (AvgIpc) is 3.04. The fraction of sp³-hybridized carbons (Fsp3) is 0.632. The molecule has 0 spiro atoms. The minimum atomic E-state index is 0.319. The van der Waals surface area contributed by atoms with Crippen LogP contribution in [0.2, 0.25) is 0 Å². The van der Waals surface area contributed by atoms with Gasteiger partial charge in [0.25, 0.3) is 0 Å². The number of likely N-dealkylation sites (tertiary alicyclic amines) is 1. The summed E-state index contributed by atoms with van der Waals surface area (Å²) in [5.41, 5.74) is 3.10. The Hall–Kier alpha value is -1.75. The van der Waals surface area contributed by atoms with Crippen LogP contribution in [0.5, 0.6) is 0 Å². The normalized spacial score (nSPS) is 19.4. The minimum Gasteiger partial charge on any atom is -0.300 e. The van der Waals surface area contributed by atoms with Crippen molar-refractivity contribution in [1.82, 2.24) is 24.6 Å². The second-order valence-corrected chi connectivity index (χ2v) is 7.44. The lowest BCUT2D eigenvalue weighted by Gasteiger charge is -2.34. The van der Waals surface area contributed by atoms with Crippen molar-refractivity contribution in [3.63, 3.8) is 0 Å². The van der Waals surface area contributed by atoms with Gasteiger partial charge in [0, 0.05) is 36.4 Å². The molecule has 2 aromatic heterocycles. The Bertz CT molecular complexity index is 689. The number of aromatic nitrogens is 4. The molecule has 5 nitrogen and oxygen atoms in total. The summed E-state index contributed by atoms with van der Waals surface area (Å²) in [7, 11) is 0. The number of aryl methyl sites for hydroxylation is 1. The van der Waals surface area contributed by atoms with Gasteiger partial charge in [-0.1, -0.05) is 0 Å².